The van der Waals surface area contributed by atoms with Gasteiger partial charge in [-0.25, -0.2) is 14.8 Å². The number of fused-ring (bicyclic) bond motifs is 1. The SMILES string of the molecule is Cn1cnc2c1c([O-])nc(=O)n2C.[Ca+2]. The first-order valence-corrected chi connectivity index (χ1v) is 3.66. The number of imidazole rings is 1. The molecular weight excluding hydrogens is 212 g/mol. The van der Waals surface area contributed by atoms with Crippen LogP contribution in [0.25, 0.3) is 11.2 Å². The molecule has 2 aromatic heterocycles. The van der Waals surface area contributed by atoms with Gasteiger partial charge in [-0.2, -0.15) is 0 Å². The summed E-state index contributed by atoms with van der Waals surface area (Å²) in [5.41, 5.74) is 0.144. The molecule has 0 aromatic carbocycles. The fourth-order valence-corrected chi connectivity index (χ4v) is 1.22. The van der Waals surface area contributed by atoms with Crippen molar-refractivity contribution in [2.45, 2.75) is 0 Å². The number of hydrogen-bond acceptors (Lipinski definition) is 4. The molecule has 0 saturated heterocycles. The van der Waals surface area contributed by atoms with Crippen LogP contribution < -0.4 is 10.8 Å². The predicted octanol–water partition coefficient (Wildman–Crippen LogP) is -1.64. The Morgan fingerprint density at radius 2 is 2.07 bits per heavy atom. The zero-order chi connectivity index (χ0) is 9.59. The van der Waals surface area contributed by atoms with E-state index in [0.29, 0.717) is 11.2 Å². The standard InChI is InChI=1S/C7H8N4O2.Ca/c1-10-3-8-5-4(10)6(12)9-7(13)11(5)2;/h3H,1-2H3,(H,9,12,13);/q;+2/p-1. The normalized spacial score (nSPS) is 10.1. The van der Waals surface area contributed by atoms with Crippen molar-refractivity contribution in [2.24, 2.45) is 14.1 Å². The number of aryl methyl sites for hydroxylation is 2. The van der Waals surface area contributed by atoms with Crippen molar-refractivity contribution in [1.82, 2.24) is 19.1 Å². The maximum Gasteiger partial charge on any atom is 2.00 e. The van der Waals surface area contributed by atoms with Gasteiger partial charge in [0.15, 0.2) is 5.65 Å². The van der Waals surface area contributed by atoms with Crippen molar-refractivity contribution in [1.29, 1.82) is 0 Å². The summed E-state index contributed by atoms with van der Waals surface area (Å²) in [7, 11) is 3.22. The molecule has 2 heterocycles. The smallest absolute Gasteiger partial charge is 0.857 e. The molecule has 0 bridgehead atoms. The third-order valence-corrected chi connectivity index (χ3v) is 1.92. The van der Waals surface area contributed by atoms with Crippen LogP contribution in [0.5, 0.6) is 5.88 Å². The Balaban J connectivity index is 0.000000980. The van der Waals surface area contributed by atoms with E-state index >= 15 is 0 Å². The van der Waals surface area contributed by atoms with Gasteiger partial charge in [0.2, 0.25) is 0 Å². The molecule has 0 aliphatic carbocycles. The van der Waals surface area contributed by atoms with Crippen molar-refractivity contribution in [3.63, 3.8) is 0 Å². The molecule has 0 fully saturated rings. The Labute approximate surface area is 109 Å². The molecule has 0 radical (unpaired) electrons. The van der Waals surface area contributed by atoms with E-state index in [4.69, 9.17) is 0 Å². The Morgan fingerprint density at radius 3 is 2.71 bits per heavy atom. The van der Waals surface area contributed by atoms with Crippen molar-refractivity contribution in [2.75, 3.05) is 0 Å². The first-order chi connectivity index (χ1) is 6.11. The van der Waals surface area contributed by atoms with Crippen molar-refractivity contribution < 1.29 is 5.11 Å². The quantitative estimate of drug-likeness (QED) is 0.498. The van der Waals surface area contributed by atoms with Gasteiger partial charge in [0.05, 0.1) is 11.8 Å². The molecule has 2 aromatic rings. The predicted molar refractivity (Wildman–Crippen MR) is 49.0 cm³/mol. The molecule has 68 valence electrons. The molecule has 0 atom stereocenters. The summed E-state index contributed by atoms with van der Waals surface area (Å²) in [6.07, 6.45) is 1.48. The van der Waals surface area contributed by atoms with Crippen molar-refractivity contribution >= 4 is 48.9 Å². The van der Waals surface area contributed by atoms with Crippen LogP contribution >= 0.6 is 0 Å². The Kier molecular flexibility index (Phi) is 3.18. The molecular formula is C7H7CaN4O2+. The largest absolute Gasteiger partial charge is 2.00 e. The summed E-state index contributed by atoms with van der Waals surface area (Å²) in [5.74, 6) is -0.530. The van der Waals surface area contributed by atoms with Gasteiger partial charge >= 0.3 is 43.4 Å². The summed E-state index contributed by atoms with van der Waals surface area (Å²) in [4.78, 5) is 18.3. The van der Waals surface area contributed by atoms with Gasteiger partial charge in [-0.15, -0.1) is 0 Å². The monoisotopic (exact) mass is 219 g/mol. The number of nitrogens with zero attached hydrogens (tertiary/aromatic N) is 4. The van der Waals surface area contributed by atoms with Gasteiger partial charge in [-0.05, 0) is 0 Å². The Bertz CT molecular complexity index is 530. The van der Waals surface area contributed by atoms with Gasteiger partial charge in [0.25, 0.3) is 0 Å². The third-order valence-electron chi connectivity index (χ3n) is 1.92. The molecule has 0 spiro atoms. The van der Waals surface area contributed by atoms with E-state index in [0.717, 1.165) is 0 Å². The fourth-order valence-electron chi connectivity index (χ4n) is 1.22. The van der Waals surface area contributed by atoms with E-state index in [-0.39, 0.29) is 37.7 Å². The van der Waals surface area contributed by atoms with Gasteiger partial charge in [-0.3, -0.25) is 4.57 Å². The summed E-state index contributed by atoms with van der Waals surface area (Å²) >= 11 is 0. The molecule has 0 amide bonds. The van der Waals surface area contributed by atoms with Crippen LogP contribution in [0, 0.1) is 0 Å². The molecule has 6 nitrogen and oxygen atoms in total. The van der Waals surface area contributed by atoms with Crippen LogP contribution in [0.4, 0.5) is 0 Å². The number of rotatable bonds is 0. The first-order valence-electron chi connectivity index (χ1n) is 3.66. The molecule has 14 heavy (non-hydrogen) atoms. The van der Waals surface area contributed by atoms with Crippen LogP contribution in [-0.2, 0) is 14.1 Å². The minimum atomic E-state index is -0.573. The third kappa shape index (κ3) is 1.53. The molecule has 2 rings (SSSR count). The van der Waals surface area contributed by atoms with Crippen LogP contribution in [-0.4, -0.2) is 56.8 Å². The first kappa shape index (κ1) is 11.5. The van der Waals surface area contributed by atoms with E-state index in [9.17, 15) is 9.90 Å². The van der Waals surface area contributed by atoms with Gasteiger partial charge < -0.3 is 9.67 Å². The second kappa shape index (κ2) is 3.88. The van der Waals surface area contributed by atoms with Crippen LogP contribution in [0.2, 0.25) is 0 Å². The topological polar surface area (TPSA) is 75.8 Å². The van der Waals surface area contributed by atoms with E-state index in [1.165, 1.54) is 17.9 Å². The number of aromatic nitrogens is 4. The average molecular weight is 219 g/mol. The zero-order valence-corrected chi connectivity index (χ0v) is 10.1. The van der Waals surface area contributed by atoms with E-state index in [1.807, 2.05) is 0 Å². The summed E-state index contributed by atoms with van der Waals surface area (Å²) in [5, 5.41) is 11.2. The minimum Gasteiger partial charge on any atom is -0.857 e. The Hall–Kier alpha value is -0.590. The second-order valence-electron chi connectivity index (χ2n) is 2.79. The van der Waals surface area contributed by atoms with E-state index in [1.54, 1.807) is 11.6 Å². The van der Waals surface area contributed by atoms with Crippen molar-refractivity contribution in [3.05, 3.63) is 16.8 Å². The zero-order valence-electron chi connectivity index (χ0n) is 7.89. The summed E-state index contributed by atoms with van der Waals surface area (Å²) in [6.45, 7) is 0. The summed E-state index contributed by atoms with van der Waals surface area (Å²) in [6, 6.07) is 0. The van der Waals surface area contributed by atoms with Crippen LogP contribution in [0.3, 0.4) is 0 Å². The van der Waals surface area contributed by atoms with Gasteiger partial charge in [0.1, 0.15) is 0 Å². The van der Waals surface area contributed by atoms with Gasteiger partial charge in [-0.1, -0.05) is 0 Å². The summed E-state index contributed by atoms with van der Waals surface area (Å²) < 4.78 is 2.79. The molecule has 0 N–H and O–H groups in total. The number of hydrogen-bond donors (Lipinski definition) is 0. The maximum absolute atomic E-state index is 11.2. The minimum absolute atomic E-state index is 0. The Morgan fingerprint density at radius 1 is 1.43 bits per heavy atom. The van der Waals surface area contributed by atoms with Gasteiger partial charge in [0, 0.05) is 20.0 Å². The average Bonchev–Trinajstić information content (AvgIpc) is 2.44. The van der Waals surface area contributed by atoms with E-state index < -0.39 is 11.6 Å². The molecule has 0 unspecified atom stereocenters. The molecule has 7 heteroatoms. The molecule has 0 aliphatic rings. The van der Waals surface area contributed by atoms with Crippen LogP contribution in [0.15, 0.2) is 11.1 Å². The van der Waals surface area contributed by atoms with Crippen molar-refractivity contribution in [3.8, 4) is 5.88 Å². The van der Waals surface area contributed by atoms with E-state index in [2.05, 4.69) is 9.97 Å². The van der Waals surface area contributed by atoms with Crippen LogP contribution in [0.1, 0.15) is 0 Å². The fraction of sp³-hybridized carbons (Fsp3) is 0.286. The molecule has 0 saturated carbocycles. The molecule has 0 aliphatic heterocycles. The maximum atomic E-state index is 11.2. The second-order valence-corrected chi connectivity index (χ2v) is 2.79.